The highest BCUT2D eigenvalue weighted by atomic mass is 16.4. The van der Waals surface area contributed by atoms with Gasteiger partial charge in [0.1, 0.15) is 5.54 Å². The lowest BCUT2D eigenvalue weighted by Gasteiger charge is -2.02. The molecule has 0 spiro atoms. The van der Waals surface area contributed by atoms with Gasteiger partial charge in [0.2, 0.25) is 0 Å². The molecule has 1 fully saturated rings. The van der Waals surface area contributed by atoms with Crippen molar-refractivity contribution in [3.05, 3.63) is 0 Å². The van der Waals surface area contributed by atoms with Crippen molar-refractivity contribution in [2.45, 2.75) is 18.4 Å². The van der Waals surface area contributed by atoms with Gasteiger partial charge in [0, 0.05) is 6.61 Å². The van der Waals surface area contributed by atoms with Gasteiger partial charge < -0.3 is 15.9 Å². The molecule has 2 atom stereocenters. The third-order valence-corrected chi connectivity index (χ3v) is 2.03. The van der Waals surface area contributed by atoms with Crippen LogP contribution < -0.4 is 5.73 Å². The maximum absolute atomic E-state index is 10.4. The Balaban J connectivity index is 2.40. The number of hydrogen-bond donors (Lipinski definition) is 3. The first-order valence-electron chi connectivity index (χ1n) is 3.24. The molecule has 4 nitrogen and oxygen atoms in total. The average Bonchev–Trinajstić information content (AvgIpc) is 2.45. The van der Waals surface area contributed by atoms with E-state index in [2.05, 4.69) is 0 Å². The van der Waals surface area contributed by atoms with Crippen molar-refractivity contribution in [2.75, 3.05) is 6.61 Å². The lowest BCUT2D eigenvalue weighted by Crippen LogP contribution is -2.35. The second kappa shape index (κ2) is 2.21. The van der Waals surface area contributed by atoms with Crippen molar-refractivity contribution in [3.63, 3.8) is 0 Å². The second-order valence-electron chi connectivity index (χ2n) is 2.76. The standard InChI is InChI=1S/C6H11NO3/c7-6(5(9)10)3-4(6)1-2-8/h4,8H,1-3,7H2,(H,9,10). The molecule has 58 valence electrons. The molecule has 0 radical (unpaired) electrons. The Morgan fingerprint density at radius 1 is 1.80 bits per heavy atom. The van der Waals surface area contributed by atoms with Gasteiger partial charge in [0.15, 0.2) is 0 Å². The number of aliphatic hydroxyl groups is 1. The molecule has 0 aromatic carbocycles. The molecule has 1 rings (SSSR count). The summed E-state index contributed by atoms with van der Waals surface area (Å²) in [6.07, 6.45) is 1.01. The molecular weight excluding hydrogens is 134 g/mol. The summed E-state index contributed by atoms with van der Waals surface area (Å²) in [7, 11) is 0. The van der Waals surface area contributed by atoms with Crippen molar-refractivity contribution >= 4 is 5.97 Å². The number of nitrogens with two attached hydrogens (primary N) is 1. The molecule has 0 aromatic rings. The van der Waals surface area contributed by atoms with E-state index >= 15 is 0 Å². The van der Waals surface area contributed by atoms with Crippen LogP contribution in [0.3, 0.4) is 0 Å². The van der Waals surface area contributed by atoms with E-state index < -0.39 is 11.5 Å². The van der Waals surface area contributed by atoms with E-state index in [0.29, 0.717) is 12.8 Å². The lowest BCUT2D eigenvalue weighted by molar-refractivity contribution is -0.140. The Bertz CT molecular complexity index is 159. The smallest absolute Gasteiger partial charge is 0.323 e. The number of carboxylic acids is 1. The second-order valence-corrected chi connectivity index (χ2v) is 2.76. The number of aliphatic carboxylic acids is 1. The Kier molecular flexibility index (Phi) is 1.66. The van der Waals surface area contributed by atoms with Crippen LogP contribution in [0.2, 0.25) is 0 Å². The SMILES string of the molecule is NC1(C(=O)O)CC1CCO. The van der Waals surface area contributed by atoms with Gasteiger partial charge in [0.05, 0.1) is 0 Å². The van der Waals surface area contributed by atoms with Gasteiger partial charge in [-0.05, 0) is 18.8 Å². The molecule has 0 heterocycles. The summed E-state index contributed by atoms with van der Waals surface area (Å²) in [5.41, 5.74) is 4.38. The Morgan fingerprint density at radius 2 is 2.40 bits per heavy atom. The molecule has 2 unspecified atom stereocenters. The Hall–Kier alpha value is -0.610. The fourth-order valence-electron chi connectivity index (χ4n) is 1.13. The molecule has 0 aliphatic heterocycles. The van der Waals surface area contributed by atoms with E-state index in [1.807, 2.05) is 0 Å². The van der Waals surface area contributed by atoms with Crippen molar-refractivity contribution in [1.29, 1.82) is 0 Å². The fraction of sp³-hybridized carbons (Fsp3) is 0.833. The summed E-state index contributed by atoms with van der Waals surface area (Å²) in [4.78, 5) is 10.4. The number of aliphatic hydroxyl groups excluding tert-OH is 1. The van der Waals surface area contributed by atoms with Crippen molar-refractivity contribution in [2.24, 2.45) is 11.7 Å². The Labute approximate surface area is 58.6 Å². The van der Waals surface area contributed by atoms with E-state index in [1.165, 1.54) is 0 Å². The zero-order valence-electron chi connectivity index (χ0n) is 5.58. The molecule has 0 bridgehead atoms. The van der Waals surface area contributed by atoms with Crippen LogP contribution in [0.25, 0.3) is 0 Å². The summed E-state index contributed by atoms with van der Waals surface area (Å²) in [6.45, 7) is 0.0247. The Morgan fingerprint density at radius 3 is 2.70 bits per heavy atom. The topological polar surface area (TPSA) is 83.6 Å². The predicted molar refractivity (Wildman–Crippen MR) is 34.4 cm³/mol. The average molecular weight is 145 g/mol. The molecule has 1 aliphatic carbocycles. The molecule has 1 saturated carbocycles. The highest BCUT2D eigenvalue weighted by molar-refractivity contribution is 5.82. The van der Waals surface area contributed by atoms with Gasteiger partial charge in [-0.2, -0.15) is 0 Å². The predicted octanol–water partition coefficient (Wildman–Crippen LogP) is -0.829. The lowest BCUT2D eigenvalue weighted by atomic mass is 10.2. The van der Waals surface area contributed by atoms with E-state index in [4.69, 9.17) is 15.9 Å². The van der Waals surface area contributed by atoms with Gasteiger partial charge in [-0.3, -0.25) is 4.79 Å². The largest absolute Gasteiger partial charge is 0.480 e. The normalized spacial score (nSPS) is 37.6. The summed E-state index contributed by atoms with van der Waals surface area (Å²) < 4.78 is 0. The van der Waals surface area contributed by atoms with Gasteiger partial charge in [0.25, 0.3) is 0 Å². The third-order valence-electron chi connectivity index (χ3n) is 2.03. The zero-order valence-corrected chi connectivity index (χ0v) is 5.58. The zero-order chi connectivity index (χ0) is 7.78. The van der Waals surface area contributed by atoms with E-state index in [1.54, 1.807) is 0 Å². The van der Waals surface area contributed by atoms with Gasteiger partial charge in [-0.25, -0.2) is 0 Å². The van der Waals surface area contributed by atoms with Gasteiger partial charge >= 0.3 is 5.97 Å². The van der Waals surface area contributed by atoms with Crippen LogP contribution in [-0.2, 0) is 4.79 Å². The maximum Gasteiger partial charge on any atom is 0.323 e. The third kappa shape index (κ3) is 0.998. The van der Waals surface area contributed by atoms with Crippen molar-refractivity contribution in [3.8, 4) is 0 Å². The number of rotatable bonds is 3. The summed E-state index contributed by atoms with van der Waals surface area (Å²) >= 11 is 0. The summed E-state index contributed by atoms with van der Waals surface area (Å²) in [5.74, 6) is -0.971. The van der Waals surface area contributed by atoms with E-state index in [9.17, 15) is 4.79 Å². The molecule has 0 amide bonds. The quantitative estimate of drug-likeness (QED) is 0.484. The molecule has 4 heteroatoms. The van der Waals surface area contributed by atoms with Crippen molar-refractivity contribution < 1.29 is 15.0 Å². The minimum atomic E-state index is -1.03. The van der Waals surface area contributed by atoms with Crippen LogP contribution in [0.4, 0.5) is 0 Å². The summed E-state index contributed by atoms with van der Waals surface area (Å²) in [6, 6.07) is 0. The first-order valence-corrected chi connectivity index (χ1v) is 3.24. The number of carboxylic acid groups (broad SMARTS) is 1. The highest BCUT2D eigenvalue weighted by Crippen LogP contribution is 2.43. The number of hydrogen-bond acceptors (Lipinski definition) is 3. The first-order chi connectivity index (χ1) is 4.61. The monoisotopic (exact) mass is 145 g/mol. The first kappa shape index (κ1) is 7.50. The van der Waals surface area contributed by atoms with Crippen LogP contribution >= 0.6 is 0 Å². The van der Waals surface area contributed by atoms with Gasteiger partial charge in [-0.15, -0.1) is 0 Å². The summed E-state index contributed by atoms with van der Waals surface area (Å²) in [5, 5.41) is 16.9. The molecule has 0 aromatic heterocycles. The minimum Gasteiger partial charge on any atom is -0.480 e. The molecule has 4 N–H and O–H groups in total. The van der Waals surface area contributed by atoms with E-state index in [0.717, 1.165) is 0 Å². The van der Waals surface area contributed by atoms with Crippen LogP contribution in [0.15, 0.2) is 0 Å². The van der Waals surface area contributed by atoms with Crippen LogP contribution in [0.1, 0.15) is 12.8 Å². The van der Waals surface area contributed by atoms with Crippen LogP contribution in [-0.4, -0.2) is 28.3 Å². The van der Waals surface area contributed by atoms with E-state index in [-0.39, 0.29) is 12.5 Å². The number of carbonyl (C=O) groups is 1. The molecule has 0 saturated heterocycles. The molecule has 10 heavy (non-hydrogen) atoms. The van der Waals surface area contributed by atoms with Crippen LogP contribution in [0.5, 0.6) is 0 Å². The van der Waals surface area contributed by atoms with Gasteiger partial charge in [-0.1, -0.05) is 0 Å². The van der Waals surface area contributed by atoms with Crippen LogP contribution in [0, 0.1) is 5.92 Å². The molecular formula is C6H11NO3. The highest BCUT2D eigenvalue weighted by Gasteiger charge is 2.56. The minimum absolute atomic E-state index is 0.0185. The van der Waals surface area contributed by atoms with Crippen molar-refractivity contribution in [1.82, 2.24) is 0 Å². The molecule has 1 aliphatic rings. The maximum atomic E-state index is 10.4. The fourth-order valence-corrected chi connectivity index (χ4v) is 1.13.